The molecule has 3 N–H and O–H groups in total. The fourth-order valence-electron chi connectivity index (χ4n) is 0.563. The molecule has 0 aliphatic carbocycles. The summed E-state index contributed by atoms with van der Waals surface area (Å²) >= 11 is 0. The molecule has 54 valence electrons. The number of methoxy groups -OCH3 is 1. The Balaban J connectivity index is 3.04. The zero-order chi connectivity index (χ0) is 7.56. The zero-order valence-electron chi connectivity index (χ0n) is 5.53. The number of anilines is 1. The van der Waals surface area contributed by atoms with Gasteiger partial charge in [0.15, 0.2) is 11.6 Å². The minimum Gasteiger partial charge on any atom is -0.504 e. The molecule has 0 aliphatic rings. The number of hydrogen-bond acceptors (Lipinski definition) is 4. The summed E-state index contributed by atoms with van der Waals surface area (Å²) in [5, 5.41) is 8.90. The first kappa shape index (κ1) is 6.67. The van der Waals surface area contributed by atoms with E-state index in [1.165, 1.54) is 19.2 Å². The van der Waals surface area contributed by atoms with Crippen LogP contribution in [0.4, 0.5) is 5.82 Å². The number of pyridine rings is 1. The second-order valence-corrected chi connectivity index (χ2v) is 1.76. The molecule has 0 radical (unpaired) electrons. The van der Waals surface area contributed by atoms with Gasteiger partial charge in [0, 0.05) is 6.07 Å². The molecule has 0 aromatic carbocycles. The molecule has 1 aromatic rings. The molecule has 0 amide bonds. The first-order chi connectivity index (χ1) is 4.74. The number of nitrogens with two attached hydrogens (primary N) is 1. The third kappa shape index (κ3) is 1.10. The first-order valence-electron chi connectivity index (χ1n) is 2.73. The van der Waals surface area contributed by atoms with E-state index in [-0.39, 0.29) is 11.6 Å². The molecule has 0 unspecified atom stereocenters. The highest BCUT2D eigenvalue weighted by molar-refractivity contribution is 5.46. The van der Waals surface area contributed by atoms with Crippen molar-refractivity contribution in [2.45, 2.75) is 0 Å². The molecule has 0 saturated heterocycles. The van der Waals surface area contributed by atoms with Gasteiger partial charge in [-0.2, -0.15) is 4.98 Å². The Morgan fingerprint density at radius 1 is 1.60 bits per heavy atom. The molecular formula is C6H8N2O2. The van der Waals surface area contributed by atoms with Gasteiger partial charge in [0.1, 0.15) is 0 Å². The van der Waals surface area contributed by atoms with Crippen molar-refractivity contribution < 1.29 is 9.84 Å². The van der Waals surface area contributed by atoms with Gasteiger partial charge >= 0.3 is 0 Å². The van der Waals surface area contributed by atoms with Crippen LogP contribution in [0, 0.1) is 0 Å². The van der Waals surface area contributed by atoms with Crippen LogP contribution in [0.2, 0.25) is 0 Å². The highest BCUT2D eigenvalue weighted by Gasteiger charge is 1.98. The molecule has 1 rings (SSSR count). The van der Waals surface area contributed by atoms with Crippen LogP contribution < -0.4 is 10.5 Å². The molecule has 0 spiro atoms. The maximum Gasteiger partial charge on any atom is 0.215 e. The predicted molar refractivity (Wildman–Crippen MR) is 36.9 cm³/mol. The van der Waals surface area contributed by atoms with Gasteiger partial charge < -0.3 is 15.6 Å². The Morgan fingerprint density at radius 2 is 2.30 bits per heavy atom. The Hall–Kier alpha value is -1.45. The van der Waals surface area contributed by atoms with Gasteiger partial charge in [-0.25, -0.2) is 0 Å². The fraction of sp³-hybridized carbons (Fsp3) is 0.167. The summed E-state index contributed by atoms with van der Waals surface area (Å²) in [5.74, 6) is 0.454. The second kappa shape index (κ2) is 2.43. The van der Waals surface area contributed by atoms with E-state index in [9.17, 15) is 0 Å². The van der Waals surface area contributed by atoms with Gasteiger partial charge in [-0.05, 0) is 6.07 Å². The number of aromatic nitrogens is 1. The third-order valence-corrected chi connectivity index (χ3v) is 1.09. The molecule has 0 saturated carbocycles. The lowest BCUT2D eigenvalue weighted by Crippen LogP contribution is -1.93. The van der Waals surface area contributed by atoms with Crippen molar-refractivity contribution >= 4 is 5.82 Å². The minimum atomic E-state index is -0.0270. The zero-order valence-corrected chi connectivity index (χ0v) is 5.53. The van der Waals surface area contributed by atoms with Gasteiger partial charge in [-0.1, -0.05) is 0 Å². The van der Waals surface area contributed by atoms with E-state index < -0.39 is 0 Å². The second-order valence-electron chi connectivity index (χ2n) is 1.76. The molecule has 0 fully saturated rings. The molecule has 0 aliphatic heterocycles. The summed E-state index contributed by atoms with van der Waals surface area (Å²) in [6.45, 7) is 0. The largest absolute Gasteiger partial charge is 0.504 e. The van der Waals surface area contributed by atoms with Crippen molar-refractivity contribution in [3.05, 3.63) is 12.1 Å². The van der Waals surface area contributed by atoms with Crippen molar-refractivity contribution in [2.75, 3.05) is 12.8 Å². The van der Waals surface area contributed by atoms with Crippen LogP contribution in [0.15, 0.2) is 12.1 Å². The van der Waals surface area contributed by atoms with Crippen molar-refractivity contribution in [3.63, 3.8) is 0 Å². The Kier molecular flexibility index (Phi) is 1.62. The van der Waals surface area contributed by atoms with Gasteiger partial charge in [-0.15, -0.1) is 0 Å². The molecule has 1 heterocycles. The van der Waals surface area contributed by atoms with Crippen LogP contribution in [0.1, 0.15) is 0 Å². The van der Waals surface area contributed by atoms with E-state index in [0.29, 0.717) is 5.88 Å². The van der Waals surface area contributed by atoms with Gasteiger partial charge in [0.05, 0.1) is 7.11 Å². The number of nitrogen functional groups attached to an aromatic ring is 1. The van der Waals surface area contributed by atoms with E-state index >= 15 is 0 Å². The lowest BCUT2D eigenvalue weighted by molar-refractivity contribution is 0.395. The van der Waals surface area contributed by atoms with Crippen molar-refractivity contribution in [1.29, 1.82) is 0 Å². The van der Waals surface area contributed by atoms with E-state index in [0.717, 1.165) is 0 Å². The maximum absolute atomic E-state index is 8.90. The minimum absolute atomic E-state index is 0.0270. The van der Waals surface area contributed by atoms with Crippen molar-refractivity contribution in [1.82, 2.24) is 4.98 Å². The Labute approximate surface area is 58.3 Å². The Bertz CT molecular complexity index is 237. The average molecular weight is 140 g/mol. The molecule has 1 aromatic heterocycles. The number of nitrogens with zero attached hydrogens (tertiary/aromatic N) is 1. The van der Waals surface area contributed by atoms with Crippen LogP contribution in [0.3, 0.4) is 0 Å². The fourth-order valence-corrected chi connectivity index (χ4v) is 0.563. The van der Waals surface area contributed by atoms with Crippen molar-refractivity contribution in [2.24, 2.45) is 0 Å². The molecule has 0 atom stereocenters. The highest BCUT2D eigenvalue weighted by atomic mass is 16.5. The summed E-state index contributed by atoms with van der Waals surface area (Å²) in [6.07, 6.45) is 0. The average Bonchev–Trinajstić information content (AvgIpc) is 1.95. The van der Waals surface area contributed by atoms with Crippen molar-refractivity contribution in [3.8, 4) is 11.6 Å². The molecule has 4 nitrogen and oxygen atoms in total. The van der Waals surface area contributed by atoms with E-state index in [2.05, 4.69) is 4.98 Å². The van der Waals surface area contributed by atoms with Crippen LogP contribution in [0.25, 0.3) is 0 Å². The maximum atomic E-state index is 8.90. The lowest BCUT2D eigenvalue weighted by Gasteiger charge is -1.99. The smallest absolute Gasteiger partial charge is 0.215 e. The number of aromatic hydroxyl groups is 1. The third-order valence-electron chi connectivity index (χ3n) is 1.09. The number of hydrogen-bond donors (Lipinski definition) is 2. The van der Waals surface area contributed by atoms with Gasteiger partial charge in [0.2, 0.25) is 5.88 Å². The SMILES string of the molecule is COc1ccc(O)c(N)n1. The summed E-state index contributed by atoms with van der Waals surface area (Å²) in [5.41, 5.74) is 5.26. The van der Waals surface area contributed by atoms with Crippen LogP contribution in [-0.4, -0.2) is 17.2 Å². The molecule has 4 heteroatoms. The topological polar surface area (TPSA) is 68.4 Å². The van der Waals surface area contributed by atoms with E-state index in [4.69, 9.17) is 15.6 Å². The van der Waals surface area contributed by atoms with Crippen LogP contribution in [-0.2, 0) is 0 Å². The number of ether oxygens (including phenoxy) is 1. The molecular weight excluding hydrogens is 132 g/mol. The van der Waals surface area contributed by atoms with E-state index in [1.54, 1.807) is 0 Å². The summed E-state index contributed by atoms with van der Waals surface area (Å²) < 4.78 is 4.75. The standard InChI is InChI=1S/C6H8N2O2/c1-10-5-3-2-4(9)6(7)8-5/h2-3,9H,1H3,(H2,7,8). The molecule has 10 heavy (non-hydrogen) atoms. The highest BCUT2D eigenvalue weighted by Crippen LogP contribution is 2.19. The van der Waals surface area contributed by atoms with Crippen LogP contribution in [0.5, 0.6) is 11.6 Å². The number of rotatable bonds is 1. The van der Waals surface area contributed by atoms with Gasteiger partial charge in [-0.3, -0.25) is 0 Å². The van der Waals surface area contributed by atoms with Crippen LogP contribution >= 0.6 is 0 Å². The lowest BCUT2D eigenvalue weighted by atomic mass is 10.4. The summed E-state index contributed by atoms with van der Waals surface area (Å²) in [4.78, 5) is 3.70. The monoisotopic (exact) mass is 140 g/mol. The molecule has 0 bridgehead atoms. The summed E-state index contributed by atoms with van der Waals surface area (Å²) in [7, 11) is 1.48. The predicted octanol–water partition coefficient (Wildman–Crippen LogP) is 0.378. The first-order valence-corrected chi connectivity index (χ1v) is 2.73. The van der Waals surface area contributed by atoms with Gasteiger partial charge in [0.25, 0.3) is 0 Å². The Morgan fingerprint density at radius 3 is 2.80 bits per heavy atom. The summed E-state index contributed by atoms with van der Waals surface area (Å²) in [6, 6.07) is 2.97. The van der Waals surface area contributed by atoms with E-state index in [1.807, 2.05) is 0 Å². The quantitative estimate of drug-likeness (QED) is 0.591. The normalized spacial score (nSPS) is 9.30.